The maximum absolute atomic E-state index is 12.8. The van der Waals surface area contributed by atoms with Crippen LogP contribution in [0, 0.1) is 0 Å². The highest BCUT2D eigenvalue weighted by Crippen LogP contribution is 2.23. The molecule has 0 radical (unpaired) electrons. The Bertz CT molecular complexity index is 453. The second kappa shape index (κ2) is 7.60. The van der Waals surface area contributed by atoms with Crippen molar-refractivity contribution < 1.29 is 4.79 Å². The lowest BCUT2D eigenvalue weighted by atomic mass is 9.97. The molecule has 3 heteroatoms. The summed E-state index contributed by atoms with van der Waals surface area (Å²) in [4.78, 5) is 14.8. The van der Waals surface area contributed by atoms with E-state index in [1.54, 1.807) is 0 Å². The monoisotopic (exact) mass is 288 g/mol. The first-order valence-corrected chi connectivity index (χ1v) is 8.19. The second-order valence-electron chi connectivity index (χ2n) is 6.32. The van der Waals surface area contributed by atoms with E-state index in [4.69, 9.17) is 0 Å². The van der Waals surface area contributed by atoms with E-state index >= 15 is 0 Å². The highest BCUT2D eigenvalue weighted by Gasteiger charge is 2.26. The summed E-state index contributed by atoms with van der Waals surface area (Å²) >= 11 is 0. The van der Waals surface area contributed by atoms with E-state index in [1.807, 2.05) is 19.2 Å². The van der Waals surface area contributed by atoms with Crippen molar-refractivity contribution in [2.45, 2.75) is 51.5 Å². The van der Waals surface area contributed by atoms with Gasteiger partial charge in [0.25, 0.3) is 5.91 Å². The lowest BCUT2D eigenvalue weighted by Crippen LogP contribution is -2.44. The van der Waals surface area contributed by atoms with Crippen LogP contribution in [-0.4, -0.2) is 37.0 Å². The third-order valence-corrected chi connectivity index (χ3v) is 4.44. The van der Waals surface area contributed by atoms with Gasteiger partial charge in [-0.25, -0.2) is 0 Å². The molecule has 1 heterocycles. The molecule has 1 aliphatic rings. The van der Waals surface area contributed by atoms with Crippen LogP contribution in [0.3, 0.4) is 0 Å². The maximum atomic E-state index is 12.8. The molecule has 1 aromatic rings. The lowest BCUT2D eigenvalue weighted by molar-refractivity contribution is 0.0602. The number of piperidine rings is 1. The Balaban J connectivity index is 2.08. The molecule has 0 aromatic heterocycles. The van der Waals surface area contributed by atoms with E-state index in [2.05, 4.69) is 36.2 Å². The third kappa shape index (κ3) is 4.07. The van der Waals surface area contributed by atoms with Gasteiger partial charge in [0.15, 0.2) is 0 Å². The summed E-state index contributed by atoms with van der Waals surface area (Å²) in [5, 5.41) is 3.20. The molecule has 0 saturated carbocycles. The van der Waals surface area contributed by atoms with Crippen LogP contribution in [0.1, 0.15) is 61.4 Å². The summed E-state index contributed by atoms with van der Waals surface area (Å²) in [6.07, 6.45) is 4.56. The molecule has 1 aliphatic heterocycles. The first-order chi connectivity index (χ1) is 10.1. The number of carbonyl (C=O) groups is 1. The number of benzene rings is 1. The van der Waals surface area contributed by atoms with Crippen molar-refractivity contribution in [2.24, 2.45) is 0 Å². The SMILES string of the molecule is CNCCC1CCCCN1C(=O)c1ccc(C(C)C)cc1. The zero-order valence-corrected chi connectivity index (χ0v) is 13.6. The number of hydrogen-bond donors (Lipinski definition) is 1. The second-order valence-corrected chi connectivity index (χ2v) is 6.32. The van der Waals surface area contributed by atoms with E-state index in [0.717, 1.165) is 37.9 Å². The summed E-state index contributed by atoms with van der Waals surface area (Å²) in [6.45, 7) is 6.23. The molecule has 0 spiro atoms. The lowest BCUT2D eigenvalue weighted by Gasteiger charge is -2.36. The molecular weight excluding hydrogens is 260 g/mol. The van der Waals surface area contributed by atoms with Gasteiger partial charge in [-0.05, 0) is 62.9 Å². The molecule has 1 saturated heterocycles. The molecule has 1 N–H and O–H groups in total. The van der Waals surface area contributed by atoms with Gasteiger partial charge < -0.3 is 10.2 Å². The maximum Gasteiger partial charge on any atom is 0.254 e. The summed E-state index contributed by atoms with van der Waals surface area (Å²) in [7, 11) is 1.97. The Hall–Kier alpha value is -1.35. The molecule has 2 rings (SSSR count). The summed E-state index contributed by atoms with van der Waals surface area (Å²) in [5.74, 6) is 0.707. The highest BCUT2D eigenvalue weighted by molar-refractivity contribution is 5.94. The molecule has 21 heavy (non-hydrogen) atoms. The average molecular weight is 288 g/mol. The minimum absolute atomic E-state index is 0.200. The molecule has 116 valence electrons. The van der Waals surface area contributed by atoms with Gasteiger partial charge in [0.05, 0.1) is 0 Å². The summed E-state index contributed by atoms with van der Waals surface area (Å²) in [5.41, 5.74) is 2.12. The minimum atomic E-state index is 0.200. The van der Waals surface area contributed by atoms with Crippen molar-refractivity contribution in [3.63, 3.8) is 0 Å². The van der Waals surface area contributed by atoms with E-state index in [0.29, 0.717) is 12.0 Å². The molecule has 1 unspecified atom stereocenters. The standard InChI is InChI=1S/C18H28N2O/c1-14(2)15-7-9-16(10-8-15)18(21)20-13-5-4-6-17(20)11-12-19-3/h7-10,14,17,19H,4-6,11-13H2,1-3H3. The molecular formula is C18H28N2O. The summed E-state index contributed by atoms with van der Waals surface area (Å²) in [6, 6.07) is 8.54. The Kier molecular flexibility index (Phi) is 5.80. The predicted molar refractivity (Wildman–Crippen MR) is 87.8 cm³/mol. The number of nitrogens with zero attached hydrogens (tertiary/aromatic N) is 1. The van der Waals surface area contributed by atoms with Crippen LogP contribution >= 0.6 is 0 Å². The van der Waals surface area contributed by atoms with Gasteiger partial charge in [0.1, 0.15) is 0 Å². The largest absolute Gasteiger partial charge is 0.336 e. The van der Waals surface area contributed by atoms with Gasteiger partial charge >= 0.3 is 0 Å². The van der Waals surface area contributed by atoms with Crippen molar-refractivity contribution in [2.75, 3.05) is 20.1 Å². The van der Waals surface area contributed by atoms with Crippen molar-refractivity contribution in [1.82, 2.24) is 10.2 Å². The number of nitrogens with one attached hydrogen (secondary N) is 1. The smallest absolute Gasteiger partial charge is 0.254 e. The van der Waals surface area contributed by atoms with E-state index in [1.165, 1.54) is 12.0 Å². The van der Waals surface area contributed by atoms with Gasteiger partial charge in [-0.15, -0.1) is 0 Å². The Morgan fingerprint density at radius 3 is 2.62 bits per heavy atom. The Labute approximate surface area is 128 Å². The molecule has 1 atom stereocenters. The number of hydrogen-bond acceptors (Lipinski definition) is 2. The van der Waals surface area contributed by atoms with Gasteiger partial charge in [0, 0.05) is 18.2 Å². The molecule has 1 fully saturated rings. The van der Waals surface area contributed by atoms with Gasteiger partial charge in [-0.1, -0.05) is 26.0 Å². The fourth-order valence-electron chi connectivity index (χ4n) is 3.06. The van der Waals surface area contributed by atoms with Crippen LogP contribution in [0.2, 0.25) is 0 Å². The summed E-state index contributed by atoms with van der Waals surface area (Å²) < 4.78 is 0. The van der Waals surface area contributed by atoms with Gasteiger partial charge in [-0.3, -0.25) is 4.79 Å². The van der Waals surface area contributed by atoms with Gasteiger partial charge in [0.2, 0.25) is 0 Å². The molecule has 0 aliphatic carbocycles. The van der Waals surface area contributed by atoms with Crippen molar-refractivity contribution in [3.8, 4) is 0 Å². The fourth-order valence-corrected chi connectivity index (χ4v) is 3.06. The Morgan fingerprint density at radius 1 is 1.29 bits per heavy atom. The van der Waals surface area contributed by atoms with Crippen LogP contribution in [0.5, 0.6) is 0 Å². The third-order valence-electron chi connectivity index (χ3n) is 4.44. The zero-order chi connectivity index (χ0) is 15.2. The minimum Gasteiger partial charge on any atom is -0.336 e. The van der Waals surface area contributed by atoms with E-state index in [-0.39, 0.29) is 5.91 Å². The normalized spacial score (nSPS) is 19.0. The van der Waals surface area contributed by atoms with Crippen LogP contribution < -0.4 is 5.32 Å². The van der Waals surface area contributed by atoms with Gasteiger partial charge in [-0.2, -0.15) is 0 Å². The van der Waals surface area contributed by atoms with E-state index < -0.39 is 0 Å². The van der Waals surface area contributed by atoms with Crippen LogP contribution in [0.4, 0.5) is 0 Å². The van der Waals surface area contributed by atoms with Crippen molar-refractivity contribution in [1.29, 1.82) is 0 Å². The molecule has 0 bridgehead atoms. The first-order valence-electron chi connectivity index (χ1n) is 8.19. The molecule has 1 aromatic carbocycles. The van der Waals surface area contributed by atoms with Crippen LogP contribution in [0.25, 0.3) is 0 Å². The topological polar surface area (TPSA) is 32.3 Å². The van der Waals surface area contributed by atoms with Crippen molar-refractivity contribution >= 4 is 5.91 Å². The van der Waals surface area contributed by atoms with Crippen LogP contribution in [-0.2, 0) is 0 Å². The van der Waals surface area contributed by atoms with Crippen LogP contribution in [0.15, 0.2) is 24.3 Å². The Morgan fingerprint density at radius 2 is 2.00 bits per heavy atom. The molecule has 3 nitrogen and oxygen atoms in total. The fraction of sp³-hybridized carbons (Fsp3) is 0.611. The molecule has 1 amide bonds. The van der Waals surface area contributed by atoms with Crippen molar-refractivity contribution in [3.05, 3.63) is 35.4 Å². The number of carbonyl (C=O) groups excluding carboxylic acids is 1. The highest BCUT2D eigenvalue weighted by atomic mass is 16.2. The zero-order valence-electron chi connectivity index (χ0n) is 13.6. The quantitative estimate of drug-likeness (QED) is 0.900. The van der Waals surface area contributed by atoms with E-state index in [9.17, 15) is 4.79 Å². The first kappa shape index (κ1) is 16.0. The average Bonchev–Trinajstić information content (AvgIpc) is 2.52. The predicted octanol–water partition coefficient (Wildman–Crippen LogP) is 3.41. The number of rotatable bonds is 5. The number of amides is 1. The number of likely N-dealkylation sites (tertiary alicyclic amines) is 1.